The van der Waals surface area contributed by atoms with Gasteiger partial charge in [-0.15, -0.1) is 0 Å². The third-order valence-electron chi connectivity index (χ3n) is 3.66. The molecule has 1 aromatic rings. The summed E-state index contributed by atoms with van der Waals surface area (Å²) >= 11 is 3.25. The fourth-order valence-corrected chi connectivity index (χ4v) is 2.80. The summed E-state index contributed by atoms with van der Waals surface area (Å²) in [5.41, 5.74) is 0.212. The van der Waals surface area contributed by atoms with Crippen LogP contribution in [0.4, 0.5) is 10.1 Å². The van der Waals surface area contributed by atoms with Crippen molar-refractivity contribution in [2.24, 2.45) is 11.8 Å². The summed E-state index contributed by atoms with van der Waals surface area (Å²) in [6, 6.07) is 4.48. The van der Waals surface area contributed by atoms with Crippen molar-refractivity contribution >= 4 is 27.5 Å². The molecule has 0 aliphatic heterocycles. The number of benzene rings is 1. The van der Waals surface area contributed by atoms with E-state index in [0.717, 1.165) is 30.2 Å². The predicted octanol–water partition coefficient (Wildman–Crippen LogP) is 3.33. The Hall–Kier alpha value is -0.940. The minimum atomic E-state index is -0.430. The van der Waals surface area contributed by atoms with Crippen molar-refractivity contribution in [1.82, 2.24) is 0 Å². The number of aliphatic hydroxyl groups excluding tert-OH is 1. The number of nitrogens with one attached hydrogen (secondary N) is 1. The van der Waals surface area contributed by atoms with E-state index in [1.54, 1.807) is 12.1 Å². The maximum Gasteiger partial charge on any atom is 0.227 e. The van der Waals surface area contributed by atoms with Crippen LogP contribution in [0.3, 0.4) is 0 Å². The van der Waals surface area contributed by atoms with Crippen molar-refractivity contribution in [3.8, 4) is 0 Å². The molecule has 0 aromatic heterocycles. The molecule has 2 N–H and O–H groups in total. The molecule has 19 heavy (non-hydrogen) atoms. The summed E-state index contributed by atoms with van der Waals surface area (Å²) in [5, 5.41) is 11.7. The number of halogens is 2. The Morgan fingerprint density at radius 2 is 2.05 bits per heavy atom. The zero-order valence-corrected chi connectivity index (χ0v) is 12.1. The van der Waals surface area contributed by atoms with E-state index in [1.807, 2.05) is 0 Å². The predicted molar refractivity (Wildman–Crippen MR) is 75.3 cm³/mol. The smallest absolute Gasteiger partial charge is 0.227 e. The first-order valence-corrected chi connectivity index (χ1v) is 7.26. The molecule has 0 spiro atoms. The van der Waals surface area contributed by atoms with Crippen molar-refractivity contribution in [2.75, 3.05) is 11.9 Å². The van der Waals surface area contributed by atoms with Crippen LogP contribution in [0.1, 0.15) is 25.7 Å². The van der Waals surface area contributed by atoms with Gasteiger partial charge in [0.15, 0.2) is 0 Å². The molecule has 0 unspecified atom stereocenters. The third kappa shape index (κ3) is 3.76. The van der Waals surface area contributed by atoms with Crippen LogP contribution in [0.15, 0.2) is 22.7 Å². The Balaban J connectivity index is 1.96. The number of rotatable bonds is 3. The van der Waals surface area contributed by atoms with E-state index in [9.17, 15) is 9.18 Å². The van der Waals surface area contributed by atoms with E-state index < -0.39 is 5.82 Å². The molecule has 0 atom stereocenters. The normalized spacial score (nSPS) is 23.1. The average molecular weight is 330 g/mol. The average Bonchev–Trinajstić information content (AvgIpc) is 2.43. The second-order valence-electron chi connectivity index (χ2n) is 5.01. The molecule has 1 saturated carbocycles. The Morgan fingerprint density at radius 1 is 1.37 bits per heavy atom. The van der Waals surface area contributed by atoms with E-state index in [0.29, 0.717) is 5.92 Å². The monoisotopic (exact) mass is 329 g/mol. The molecule has 2 rings (SSSR count). The first-order valence-electron chi connectivity index (χ1n) is 6.47. The fourth-order valence-electron chi connectivity index (χ4n) is 2.44. The Bertz CT molecular complexity index is 459. The second kappa shape index (κ2) is 6.48. The van der Waals surface area contributed by atoms with Gasteiger partial charge in [-0.05, 0) is 49.8 Å². The summed E-state index contributed by atoms with van der Waals surface area (Å²) in [6.07, 6.45) is 3.23. The summed E-state index contributed by atoms with van der Waals surface area (Å²) in [7, 11) is 0. The summed E-state index contributed by atoms with van der Waals surface area (Å²) in [5.74, 6) is -0.332. The largest absolute Gasteiger partial charge is 0.396 e. The van der Waals surface area contributed by atoms with Crippen molar-refractivity contribution in [1.29, 1.82) is 0 Å². The zero-order valence-electron chi connectivity index (χ0n) is 10.5. The van der Waals surface area contributed by atoms with Crippen LogP contribution in [0, 0.1) is 17.7 Å². The Morgan fingerprint density at radius 3 is 2.68 bits per heavy atom. The lowest BCUT2D eigenvalue weighted by molar-refractivity contribution is -0.121. The molecule has 1 aliphatic carbocycles. The summed E-state index contributed by atoms with van der Waals surface area (Å²) < 4.78 is 14.3. The van der Waals surface area contributed by atoms with Gasteiger partial charge in [0, 0.05) is 17.0 Å². The molecular weight excluding hydrogens is 313 g/mol. The van der Waals surface area contributed by atoms with E-state index in [4.69, 9.17) is 5.11 Å². The van der Waals surface area contributed by atoms with Crippen molar-refractivity contribution in [3.05, 3.63) is 28.5 Å². The minimum Gasteiger partial charge on any atom is -0.396 e. The first kappa shape index (κ1) is 14.5. The van der Waals surface area contributed by atoms with E-state index >= 15 is 0 Å². The van der Waals surface area contributed by atoms with Gasteiger partial charge in [0.2, 0.25) is 5.91 Å². The van der Waals surface area contributed by atoms with Crippen LogP contribution < -0.4 is 5.32 Å². The lowest BCUT2D eigenvalue weighted by Crippen LogP contribution is -2.28. The van der Waals surface area contributed by atoms with E-state index in [2.05, 4.69) is 21.2 Å². The standard InChI is InChI=1S/C14H17BrFNO2/c15-11-5-6-12(16)13(7-11)17-14(19)10-3-1-9(8-18)2-4-10/h5-7,9-10,18H,1-4,8H2,(H,17,19). The summed E-state index contributed by atoms with van der Waals surface area (Å²) in [4.78, 5) is 12.1. The van der Waals surface area contributed by atoms with E-state index in [1.165, 1.54) is 6.07 Å². The highest BCUT2D eigenvalue weighted by atomic mass is 79.9. The molecule has 1 amide bonds. The number of aliphatic hydroxyl groups is 1. The highest BCUT2D eigenvalue weighted by Crippen LogP contribution is 2.30. The number of hydrogen-bond acceptors (Lipinski definition) is 2. The van der Waals surface area contributed by atoms with Gasteiger partial charge in [-0.25, -0.2) is 4.39 Å². The van der Waals surface area contributed by atoms with Crippen LogP contribution in [-0.2, 0) is 4.79 Å². The van der Waals surface area contributed by atoms with Gasteiger partial charge in [0.05, 0.1) is 5.69 Å². The molecule has 0 radical (unpaired) electrons. The van der Waals surface area contributed by atoms with Crippen LogP contribution in [0.2, 0.25) is 0 Å². The molecule has 104 valence electrons. The lowest BCUT2D eigenvalue weighted by Gasteiger charge is -2.26. The lowest BCUT2D eigenvalue weighted by atomic mass is 9.82. The Kier molecular flexibility index (Phi) is 4.93. The number of carbonyl (C=O) groups excluding carboxylic acids is 1. The Labute approximate surface area is 120 Å². The van der Waals surface area contributed by atoms with Gasteiger partial charge in [0.25, 0.3) is 0 Å². The molecule has 1 fully saturated rings. The molecule has 0 bridgehead atoms. The molecule has 5 heteroatoms. The fraction of sp³-hybridized carbons (Fsp3) is 0.500. The molecular formula is C14H17BrFNO2. The molecule has 3 nitrogen and oxygen atoms in total. The van der Waals surface area contributed by atoms with Crippen LogP contribution >= 0.6 is 15.9 Å². The van der Waals surface area contributed by atoms with Gasteiger partial charge in [0.1, 0.15) is 5.82 Å². The van der Waals surface area contributed by atoms with Gasteiger partial charge >= 0.3 is 0 Å². The van der Waals surface area contributed by atoms with Gasteiger partial charge < -0.3 is 10.4 Å². The van der Waals surface area contributed by atoms with Crippen molar-refractivity contribution < 1.29 is 14.3 Å². The molecule has 0 saturated heterocycles. The maximum atomic E-state index is 13.5. The number of anilines is 1. The molecule has 0 heterocycles. The van der Waals surface area contributed by atoms with Crippen molar-refractivity contribution in [2.45, 2.75) is 25.7 Å². The minimum absolute atomic E-state index is 0.0822. The number of hydrogen-bond donors (Lipinski definition) is 2. The van der Waals surface area contributed by atoms with Crippen LogP contribution in [0.5, 0.6) is 0 Å². The first-order chi connectivity index (χ1) is 9.10. The van der Waals surface area contributed by atoms with Crippen molar-refractivity contribution in [3.63, 3.8) is 0 Å². The van der Waals surface area contributed by atoms with Gasteiger partial charge in [-0.2, -0.15) is 0 Å². The highest BCUT2D eigenvalue weighted by molar-refractivity contribution is 9.10. The van der Waals surface area contributed by atoms with Crippen LogP contribution in [-0.4, -0.2) is 17.6 Å². The zero-order chi connectivity index (χ0) is 13.8. The quantitative estimate of drug-likeness (QED) is 0.893. The van der Waals surface area contributed by atoms with Gasteiger partial charge in [-0.3, -0.25) is 4.79 Å². The molecule has 1 aliphatic rings. The third-order valence-corrected chi connectivity index (χ3v) is 4.16. The highest BCUT2D eigenvalue weighted by Gasteiger charge is 2.26. The number of amides is 1. The molecule has 1 aromatic carbocycles. The summed E-state index contributed by atoms with van der Waals surface area (Å²) in [6.45, 7) is 0.189. The second-order valence-corrected chi connectivity index (χ2v) is 5.93. The topological polar surface area (TPSA) is 49.3 Å². The SMILES string of the molecule is O=C(Nc1cc(Br)ccc1F)C1CCC(CO)CC1. The maximum absolute atomic E-state index is 13.5. The number of carbonyl (C=O) groups is 1. The van der Waals surface area contributed by atoms with Crippen LogP contribution in [0.25, 0.3) is 0 Å². The van der Waals surface area contributed by atoms with Gasteiger partial charge in [-0.1, -0.05) is 15.9 Å². The van der Waals surface area contributed by atoms with E-state index in [-0.39, 0.29) is 24.1 Å².